The van der Waals surface area contributed by atoms with E-state index in [1.165, 1.54) is 0 Å². The van der Waals surface area contributed by atoms with Crippen molar-refractivity contribution in [1.82, 2.24) is 4.98 Å². The normalized spacial score (nSPS) is 21.1. The molecule has 1 atom stereocenters. The van der Waals surface area contributed by atoms with E-state index in [4.69, 9.17) is 10.5 Å². The Morgan fingerprint density at radius 1 is 1.09 bits per heavy atom. The van der Waals surface area contributed by atoms with Crippen LogP contribution >= 0.6 is 0 Å². The summed E-state index contributed by atoms with van der Waals surface area (Å²) in [6, 6.07) is 11.8. The van der Waals surface area contributed by atoms with Crippen LogP contribution in [0.15, 0.2) is 42.6 Å². The Morgan fingerprint density at radius 3 is 2.43 bits per heavy atom. The highest BCUT2D eigenvalue weighted by atomic mass is 16.5. The zero-order valence-electron chi connectivity index (χ0n) is 14.0. The van der Waals surface area contributed by atoms with E-state index in [0.717, 1.165) is 16.9 Å². The first-order chi connectivity index (χ1) is 10.8. The maximum absolute atomic E-state index is 11.9. The number of fused-ring (bicyclic) bond motifs is 1. The minimum atomic E-state index is -0.502. The van der Waals surface area contributed by atoms with Crippen molar-refractivity contribution in [3.05, 3.63) is 59.4 Å². The third kappa shape index (κ3) is 2.29. The van der Waals surface area contributed by atoms with Gasteiger partial charge in [0, 0.05) is 23.1 Å². The van der Waals surface area contributed by atoms with Gasteiger partial charge >= 0.3 is 0 Å². The number of benzene rings is 1. The summed E-state index contributed by atoms with van der Waals surface area (Å²) in [6.07, 6.45) is 1.60. The number of ether oxygens (including phenoxy) is 1. The van der Waals surface area contributed by atoms with Crippen LogP contribution in [0, 0.1) is 5.41 Å². The number of primary amides is 1. The lowest BCUT2D eigenvalue weighted by Crippen LogP contribution is -2.51. The van der Waals surface area contributed by atoms with Crippen molar-refractivity contribution in [2.75, 3.05) is 0 Å². The van der Waals surface area contributed by atoms with Gasteiger partial charge in [0.15, 0.2) is 0 Å². The quantitative estimate of drug-likeness (QED) is 0.923. The van der Waals surface area contributed by atoms with Crippen LogP contribution in [0.2, 0.25) is 0 Å². The van der Waals surface area contributed by atoms with Gasteiger partial charge in [0.05, 0.1) is 0 Å². The van der Waals surface area contributed by atoms with Crippen molar-refractivity contribution in [1.29, 1.82) is 0 Å². The standard InChI is InChI=1S/C19H22N2O2/c1-18(2)15(13-9-7-11-21-16(13)17(20)22)12-8-5-6-10-14(12)23-19(18,3)4/h5-11,15H,1-4H3,(H2,20,22). The smallest absolute Gasteiger partial charge is 0.267 e. The molecule has 0 bridgehead atoms. The summed E-state index contributed by atoms with van der Waals surface area (Å²) in [5.41, 5.74) is 7.15. The van der Waals surface area contributed by atoms with Gasteiger partial charge in [0.25, 0.3) is 5.91 Å². The van der Waals surface area contributed by atoms with Crippen LogP contribution < -0.4 is 10.5 Å². The molecule has 2 N–H and O–H groups in total. The van der Waals surface area contributed by atoms with E-state index in [1.54, 1.807) is 6.20 Å². The molecule has 0 spiro atoms. The second-order valence-electron chi connectivity index (χ2n) is 7.11. The number of carbonyl (C=O) groups is 1. The molecule has 1 aliphatic heterocycles. The predicted octanol–water partition coefficient (Wildman–Crippen LogP) is 3.51. The van der Waals surface area contributed by atoms with E-state index in [9.17, 15) is 4.79 Å². The topological polar surface area (TPSA) is 65.2 Å². The minimum Gasteiger partial charge on any atom is -0.487 e. The zero-order chi connectivity index (χ0) is 16.8. The van der Waals surface area contributed by atoms with E-state index < -0.39 is 11.5 Å². The number of nitrogens with two attached hydrogens (primary N) is 1. The summed E-state index contributed by atoms with van der Waals surface area (Å²) < 4.78 is 6.25. The Labute approximate surface area is 136 Å². The lowest BCUT2D eigenvalue weighted by atomic mass is 9.61. The third-order valence-electron chi connectivity index (χ3n) is 5.25. The molecule has 23 heavy (non-hydrogen) atoms. The maximum atomic E-state index is 11.9. The zero-order valence-corrected chi connectivity index (χ0v) is 14.0. The van der Waals surface area contributed by atoms with Gasteiger partial charge in [-0.2, -0.15) is 0 Å². The van der Waals surface area contributed by atoms with Crippen LogP contribution in [0.4, 0.5) is 0 Å². The Bertz CT molecular complexity index is 765. The van der Waals surface area contributed by atoms with Crippen LogP contribution in [-0.4, -0.2) is 16.5 Å². The molecule has 0 radical (unpaired) electrons. The molecule has 4 heteroatoms. The average Bonchev–Trinajstić information content (AvgIpc) is 2.48. The van der Waals surface area contributed by atoms with E-state index in [1.807, 2.05) is 30.3 Å². The molecule has 2 heterocycles. The summed E-state index contributed by atoms with van der Waals surface area (Å²) in [6.45, 7) is 8.48. The first-order valence-electron chi connectivity index (χ1n) is 7.78. The van der Waals surface area contributed by atoms with E-state index in [0.29, 0.717) is 5.69 Å². The fourth-order valence-corrected chi connectivity index (χ4v) is 3.37. The molecular formula is C19H22N2O2. The van der Waals surface area contributed by atoms with Gasteiger partial charge in [0.2, 0.25) is 0 Å². The molecule has 0 fully saturated rings. The summed E-state index contributed by atoms with van der Waals surface area (Å²) in [7, 11) is 0. The Kier molecular flexibility index (Phi) is 3.43. The Balaban J connectivity index is 2.30. The molecular weight excluding hydrogens is 288 g/mol. The Hall–Kier alpha value is -2.36. The summed E-state index contributed by atoms with van der Waals surface area (Å²) in [4.78, 5) is 16.1. The Morgan fingerprint density at radius 2 is 1.74 bits per heavy atom. The lowest BCUT2D eigenvalue weighted by molar-refractivity contribution is -0.0388. The minimum absolute atomic E-state index is 0.0290. The molecule has 2 aromatic rings. The maximum Gasteiger partial charge on any atom is 0.267 e. The van der Waals surface area contributed by atoms with E-state index in [-0.39, 0.29) is 11.3 Å². The van der Waals surface area contributed by atoms with Crippen molar-refractivity contribution in [3.8, 4) is 5.75 Å². The number of rotatable bonds is 2. The van der Waals surface area contributed by atoms with Crippen molar-refractivity contribution in [3.63, 3.8) is 0 Å². The van der Waals surface area contributed by atoms with Gasteiger partial charge in [-0.1, -0.05) is 38.1 Å². The van der Waals surface area contributed by atoms with Gasteiger partial charge < -0.3 is 10.5 Å². The molecule has 1 amide bonds. The van der Waals surface area contributed by atoms with Gasteiger partial charge in [-0.15, -0.1) is 0 Å². The van der Waals surface area contributed by atoms with Crippen LogP contribution in [0.3, 0.4) is 0 Å². The van der Waals surface area contributed by atoms with Crippen molar-refractivity contribution >= 4 is 5.91 Å². The fourth-order valence-electron chi connectivity index (χ4n) is 3.37. The average molecular weight is 310 g/mol. The van der Waals surface area contributed by atoms with E-state index in [2.05, 4.69) is 38.7 Å². The second kappa shape index (κ2) is 5.08. The molecule has 1 aromatic heterocycles. The predicted molar refractivity (Wildman–Crippen MR) is 89.5 cm³/mol. The third-order valence-corrected chi connectivity index (χ3v) is 5.25. The van der Waals surface area contributed by atoms with Crippen molar-refractivity contribution in [2.45, 2.75) is 39.2 Å². The molecule has 1 unspecified atom stereocenters. The van der Waals surface area contributed by atoms with Gasteiger partial charge in [-0.25, -0.2) is 0 Å². The summed E-state index contributed by atoms with van der Waals surface area (Å²) in [5, 5.41) is 0. The largest absolute Gasteiger partial charge is 0.487 e. The number of amides is 1. The molecule has 0 saturated carbocycles. The van der Waals surface area contributed by atoms with Crippen molar-refractivity contribution in [2.24, 2.45) is 11.1 Å². The first-order valence-corrected chi connectivity index (χ1v) is 7.78. The molecule has 4 nitrogen and oxygen atoms in total. The van der Waals surface area contributed by atoms with Crippen molar-refractivity contribution < 1.29 is 9.53 Å². The lowest BCUT2D eigenvalue weighted by Gasteiger charge is -2.51. The number of hydrogen-bond donors (Lipinski definition) is 1. The summed E-state index contributed by atoms with van der Waals surface area (Å²) >= 11 is 0. The first kappa shape index (κ1) is 15.5. The summed E-state index contributed by atoms with van der Waals surface area (Å²) in [5.74, 6) is 0.318. The monoisotopic (exact) mass is 310 g/mol. The number of para-hydroxylation sites is 1. The highest BCUT2D eigenvalue weighted by Gasteiger charge is 2.51. The van der Waals surface area contributed by atoms with Crippen LogP contribution in [0.25, 0.3) is 0 Å². The number of hydrogen-bond acceptors (Lipinski definition) is 3. The molecule has 1 aliphatic rings. The van der Waals surface area contributed by atoms with Gasteiger partial charge in [-0.05, 0) is 31.5 Å². The van der Waals surface area contributed by atoms with Crippen LogP contribution in [0.1, 0.15) is 55.2 Å². The number of aromatic nitrogens is 1. The SMILES string of the molecule is CC1(C)Oc2ccccc2C(c2cccnc2C(N)=O)C1(C)C. The molecule has 120 valence electrons. The molecule has 0 aliphatic carbocycles. The number of carbonyl (C=O) groups excluding carboxylic acids is 1. The molecule has 0 saturated heterocycles. The van der Waals surface area contributed by atoms with Gasteiger partial charge in [0.1, 0.15) is 17.0 Å². The fraction of sp³-hybridized carbons (Fsp3) is 0.368. The van der Waals surface area contributed by atoms with Crippen LogP contribution in [0.5, 0.6) is 5.75 Å². The van der Waals surface area contributed by atoms with Gasteiger partial charge in [-0.3, -0.25) is 9.78 Å². The van der Waals surface area contributed by atoms with E-state index >= 15 is 0 Å². The highest BCUT2D eigenvalue weighted by Crippen LogP contribution is 2.55. The highest BCUT2D eigenvalue weighted by molar-refractivity contribution is 5.92. The molecule has 3 rings (SSSR count). The second-order valence-corrected chi connectivity index (χ2v) is 7.11. The molecule has 1 aromatic carbocycles. The number of pyridine rings is 1. The number of nitrogens with zero attached hydrogens (tertiary/aromatic N) is 1. The van der Waals surface area contributed by atoms with Crippen LogP contribution in [-0.2, 0) is 0 Å².